The molecule has 29 heavy (non-hydrogen) atoms. The van der Waals surface area contributed by atoms with E-state index in [0.717, 1.165) is 29.5 Å². The Morgan fingerprint density at radius 3 is 2.31 bits per heavy atom. The van der Waals surface area contributed by atoms with E-state index in [1.54, 1.807) is 0 Å². The molecule has 0 aliphatic heterocycles. The summed E-state index contributed by atoms with van der Waals surface area (Å²) in [5.74, 6) is 0.139. The van der Waals surface area contributed by atoms with E-state index < -0.39 is 11.5 Å². The molecule has 1 aromatic carbocycles. The third kappa shape index (κ3) is 3.49. The van der Waals surface area contributed by atoms with Gasteiger partial charge in [0.2, 0.25) is 0 Å². The molecule has 0 unspecified atom stereocenters. The third-order valence-corrected chi connectivity index (χ3v) is 7.06. The fourth-order valence-electron chi connectivity index (χ4n) is 5.53. The number of benzene rings is 1. The normalized spacial score (nSPS) is 27.8. The number of hydrogen-bond donors (Lipinski definition) is 0. The van der Waals surface area contributed by atoms with E-state index in [9.17, 15) is 14.4 Å². The predicted molar refractivity (Wildman–Crippen MR) is 110 cm³/mol. The lowest BCUT2D eigenvalue weighted by atomic mass is 9.49. The molecule has 0 heterocycles. The van der Waals surface area contributed by atoms with Crippen molar-refractivity contribution in [2.75, 3.05) is 0 Å². The molecule has 0 radical (unpaired) electrons. The summed E-state index contributed by atoms with van der Waals surface area (Å²) in [5, 5.41) is 0. The lowest BCUT2D eigenvalue weighted by molar-refractivity contribution is -0.168. The van der Waals surface area contributed by atoms with Crippen molar-refractivity contribution in [1.82, 2.24) is 0 Å². The van der Waals surface area contributed by atoms with Gasteiger partial charge < -0.3 is 9.47 Å². The van der Waals surface area contributed by atoms with E-state index in [4.69, 9.17) is 9.47 Å². The van der Waals surface area contributed by atoms with Gasteiger partial charge in [0.25, 0.3) is 0 Å². The first-order chi connectivity index (χ1) is 13.4. The van der Waals surface area contributed by atoms with Crippen molar-refractivity contribution in [3.05, 3.63) is 28.8 Å². The molecule has 5 heteroatoms. The number of carbonyl (C=O) groups is 3. The molecule has 0 saturated heterocycles. The number of ether oxygens (including phenoxy) is 2. The molecule has 158 valence electrons. The van der Waals surface area contributed by atoms with E-state index in [1.165, 1.54) is 13.8 Å². The number of hydrogen-bond acceptors (Lipinski definition) is 5. The van der Waals surface area contributed by atoms with E-state index in [0.29, 0.717) is 5.75 Å². The van der Waals surface area contributed by atoms with Gasteiger partial charge in [-0.25, -0.2) is 0 Å². The number of ketones is 1. The van der Waals surface area contributed by atoms with Gasteiger partial charge in [0.05, 0.1) is 5.41 Å². The van der Waals surface area contributed by atoms with Crippen LogP contribution in [0.25, 0.3) is 0 Å². The SMILES string of the molecule is CC(=O)Oc1cc2c(cc1C(C)C)CC[C@H]1C(C)(C)[C@@H](OC(C)=O)CC(=O)[C@]21C. The second kappa shape index (κ2) is 7.26. The Balaban J connectivity index is 2.15. The van der Waals surface area contributed by atoms with Crippen LogP contribution in [0.2, 0.25) is 0 Å². The average Bonchev–Trinajstić information content (AvgIpc) is 2.59. The second-order valence-corrected chi connectivity index (χ2v) is 9.64. The van der Waals surface area contributed by atoms with E-state index in [-0.39, 0.29) is 41.4 Å². The topological polar surface area (TPSA) is 69.7 Å². The first kappa shape index (κ1) is 21.5. The molecule has 1 fully saturated rings. The summed E-state index contributed by atoms with van der Waals surface area (Å²) < 4.78 is 11.1. The zero-order valence-corrected chi connectivity index (χ0v) is 18.5. The van der Waals surface area contributed by atoms with Gasteiger partial charge >= 0.3 is 11.9 Å². The summed E-state index contributed by atoms with van der Waals surface area (Å²) in [5.41, 5.74) is 2.05. The quantitative estimate of drug-likeness (QED) is 0.552. The minimum atomic E-state index is -0.696. The summed E-state index contributed by atoms with van der Waals surface area (Å²) in [6.45, 7) is 13.1. The minimum absolute atomic E-state index is 0.0307. The van der Waals surface area contributed by atoms with Gasteiger partial charge in [0, 0.05) is 25.7 Å². The van der Waals surface area contributed by atoms with Crippen LogP contribution in [-0.4, -0.2) is 23.8 Å². The van der Waals surface area contributed by atoms with Crippen LogP contribution in [0.1, 0.15) is 83.9 Å². The number of carbonyl (C=O) groups excluding carboxylic acids is 3. The van der Waals surface area contributed by atoms with Crippen molar-refractivity contribution in [2.24, 2.45) is 11.3 Å². The number of fused-ring (bicyclic) bond motifs is 3. The maximum absolute atomic E-state index is 13.4. The molecule has 3 atom stereocenters. The molecule has 0 spiro atoms. The first-order valence-electron chi connectivity index (χ1n) is 10.4. The van der Waals surface area contributed by atoms with Crippen LogP contribution >= 0.6 is 0 Å². The minimum Gasteiger partial charge on any atom is -0.462 e. The Kier molecular flexibility index (Phi) is 5.39. The van der Waals surface area contributed by atoms with Gasteiger partial charge in [-0.15, -0.1) is 0 Å². The molecular weight excluding hydrogens is 368 g/mol. The fraction of sp³-hybridized carbons (Fsp3) is 0.625. The van der Waals surface area contributed by atoms with Crippen molar-refractivity contribution in [3.8, 4) is 5.75 Å². The highest BCUT2D eigenvalue weighted by Crippen LogP contribution is 2.57. The highest BCUT2D eigenvalue weighted by Gasteiger charge is 2.59. The largest absolute Gasteiger partial charge is 0.462 e. The van der Waals surface area contributed by atoms with Crippen molar-refractivity contribution in [3.63, 3.8) is 0 Å². The van der Waals surface area contributed by atoms with Crippen molar-refractivity contribution >= 4 is 17.7 Å². The molecular formula is C24H32O5. The summed E-state index contributed by atoms with van der Waals surface area (Å²) >= 11 is 0. The van der Waals surface area contributed by atoms with Crippen molar-refractivity contribution in [1.29, 1.82) is 0 Å². The summed E-state index contributed by atoms with van der Waals surface area (Å²) in [4.78, 5) is 36.8. The predicted octanol–water partition coefficient (Wildman–Crippen LogP) is 4.49. The Morgan fingerprint density at radius 2 is 1.76 bits per heavy atom. The van der Waals surface area contributed by atoms with Gasteiger partial charge in [-0.3, -0.25) is 14.4 Å². The highest BCUT2D eigenvalue weighted by atomic mass is 16.5. The lowest BCUT2D eigenvalue weighted by Crippen LogP contribution is -2.59. The van der Waals surface area contributed by atoms with Crippen molar-refractivity contribution < 1.29 is 23.9 Å². The monoisotopic (exact) mass is 400 g/mol. The molecule has 0 bridgehead atoms. The van der Waals surface area contributed by atoms with Gasteiger partial charge in [-0.05, 0) is 54.4 Å². The Labute approximate surface area is 173 Å². The Hall–Kier alpha value is -2.17. The second-order valence-electron chi connectivity index (χ2n) is 9.64. The van der Waals surface area contributed by atoms with Crippen LogP contribution in [0.15, 0.2) is 12.1 Å². The Morgan fingerprint density at radius 1 is 1.10 bits per heavy atom. The molecule has 0 N–H and O–H groups in total. The molecule has 1 saturated carbocycles. The third-order valence-electron chi connectivity index (χ3n) is 7.06. The summed E-state index contributed by atoms with van der Waals surface area (Å²) in [7, 11) is 0. The van der Waals surface area contributed by atoms with E-state index in [1.807, 2.05) is 13.0 Å². The zero-order valence-electron chi connectivity index (χ0n) is 18.5. The number of esters is 2. The van der Waals surface area contributed by atoms with Crippen LogP contribution < -0.4 is 4.74 Å². The highest BCUT2D eigenvalue weighted by molar-refractivity contribution is 5.93. The number of rotatable bonds is 3. The van der Waals surface area contributed by atoms with Crippen LogP contribution in [0, 0.1) is 11.3 Å². The molecule has 5 nitrogen and oxygen atoms in total. The smallest absolute Gasteiger partial charge is 0.308 e. The van der Waals surface area contributed by atoms with Gasteiger partial charge in [0.15, 0.2) is 0 Å². The lowest BCUT2D eigenvalue weighted by Gasteiger charge is -2.55. The van der Waals surface area contributed by atoms with Gasteiger partial charge in [0.1, 0.15) is 17.6 Å². The summed E-state index contributed by atoms with van der Waals surface area (Å²) in [6.07, 6.45) is 1.48. The standard InChI is InChI=1S/C24H32O5/c1-13(2)17-10-16-8-9-20-23(5,6)22(29-15(4)26)12-21(27)24(20,7)18(16)11-19(17)28-14(3)25/h10-11,13,20,22H,8-9,12H2,1-7H3/t20-,22-,24+/m0/s1. The summed E-state index contributed by atoms with van der Waals surface area (Å²) in [6, 6.07) is 4.02. The zero-order chi connectivity index (χ0) is 21.7. The first-order valence-corrected chi connectivity index (χ1v) is 10.4. The van der Waals surface area contributed by atoms with Crippen LogP contribution in [0.5, 0.6) is 5.75 Å². The molecule has 2 aliphatic rings. The van der Waals surface area contributed by atoms with Gasteiger partial charge in [-0.1, -0.05) is 33.8 Å². The van der Waals surface area contributed by atoms with Crippen LogP contribution in [0.4, 0.5) is 0 Å². The average molecular weight is 401 g/mol. The van der Waals surface area contributed by atoms with Crippen molar-refractivity contribution in [2.45, 2.75) is 85.2 Å². The molecule has 3 rings (SSSR count). The number of Topliss-reactive ketones (excluding diaryl/α,β-unsaturated/α-hetero) is 1. The fourth-order valence-corrected chi connectivity index (χ4v) is 5.53. The van der Waals surface area contributed by atoms with Gasteiger partial charge in [-0.2, -0.15) is 0 Å². The molecule has 2 aliphatic carbocycles. The molecule has 0 aromatic heterocycles. The molecule has 0 amide bonds. The number of aryl methyl sites for hydroxylation is 1. The van der Waals surface area contributed by atoms with Crippen LogP contribution in [0.3, 0.4) is 0 Å². The van der Waals surface area contributed by atoms with E-state index in [2.05, 4.69) is 33.8 Å². The molecule has 1 aromatic rings. The van der Waals surface area contributed by atoms with Crippen LogP contribution in [-0.2, 0) is 31.0 Å². The maximum atomic E-state index is 13.4. The Bertz CT molecular complexity index is 866. The maximum Gasteiger partial charge on any atom is 0.308 e. The van der Waals surface area contributed by atoms with E-state index >= 15 is 0 Å².